The van der Waals surface area contributed by atoms with Gasteiger partial charge in [0.25, 0.3) is 10.1 Å². The van der Waals surface area contributed by atoms with Crippen LogP contribution in [0.3, 0.4) is 0 Å². The summed E-state index contributed by atoms with van der Waals surface area (Å²) in [5, 5.41) is 2.83. The van der Waals surface area contributed by atoms with Gasteiger partial charge in [0.15, 0.2) is 0 Å². The third-order valence-electron chi connectivity index (χ3n) is 2.04. The average molecular weight is 233 g/mol. The van der Waals surface area contributed by atoms with Gasteiger partial charge in [-0.15, -0.1) is 0 Å². The Bertz CT molecular complexity index is 388. The molecule has 1 heterocycles. The van der Waals surface area contributed by atoms with Gasteiger partial charge in [0.05, 0.1) is 11.6 Å². The van der Waals surface area contributed by atoms with Gasteiger partial charge in [0.2, 0.25) is 0 Å². The predicted molar refractivity (Wildman–Crippen MR) is 57.1 cm³/mol. The molecule has 0 bridgehead atoms. The van der Waals surface area contributed by atoms with E-state index in [0.29, 0.717) is 12.2 Å². The van der Waals surface area contributed by atoms with Crippen molar-refractivity contribution in [3.05, 3.63) is 24.0 Å². The molecule has 7 heteroatoms. The molecule has 1 atom stereocenters. The number of hydrogen-bond donors (Lipinski definition) is 4. The van der Waals surface area contributed by atoms with Crippen molar-refractivity contribution in [3.63, 3.8) is 0 Å². The second-order valence-electron chi connectivity index (χ2n) is 3.54. The second-order valence-corrected chi connectivity index (χ2v) is 5.11. The first-order valence-corrected chi connectivity index (χ1v) is 6.09. The van der Waals surface area contributed by atoms with Crippen LogP contribution < -0.4 is 16.8 Å². The van der Waals surface area contributed by atoms with E-state index < -0.39 is 15.8 Å². The summed E-state index contributed by atoms with van der Waals surface area (Å²) in [5.41, 5.74) is 10.6. The van der Waals surface area contributed by atoms with Crippen LogP contribution in [0.4, 0.5) is 0 Å². The topological polar surface area (TPSA) is 118 Å². The molecule has 86 valence electrons. The molecule has 0 aromatic carbocycles. The zero-order valence-corrected chi connectivity index (χ0v) is 9.00. The van der Waals surface area contributed by atoms with E-state index in [1.807, 2.05) is 0 Å². The predicted octanol–water partition coefficient (Wildman–Crippen LogP) is -0.731. The summed E-state index contributed by atoms with van der Waals surface area (Å²) in [7, 11) is -3.92. The molecule has 1 unspecified atom stereocenters. The van der Waals surface area contributed by atoms with Crippen LogP contribution in [0.2, 0.25) is 0 Å². The van der Waals surface area contributed by atoms with Crippen LogP contribution in [0.5, 0.6) is 0 Å². The van der Waals surface area contributed by atoms with Gasteiger partial charge >= 0.3 is 0 Å². The quantitative estimate of drug-likeness (QED) is 0.475. The number of nitrogens with one attached hydrogen (secondary N) is 1. The summed E-state index contributed by atoms with van der Waals surface area (Å²) in [6.07, 6.45) is 5.71. The summed E-state index contributed by atoms with van der Waals surface area (Å²) in [5.74, 6) is 0.136. The summed E-state index contributed by atoms with van der Waals surface area (Å²) in [6.45, 7) is 0. The zero-order valence-electron chi connectivity index (χ0n) is 8.18. The van der Waals surface area contributed by atoms with Crippen molar-refractivity contribution in [3.8, 4) is 0 Å². The summed E-state index contributed by atoms with van der Waals surface area (Å²) < 4.78 is 29.5. The lowest BCUT2D eigenvalue weighted by Gasteiger charge is -2.30. The SMILES string of the molecule is NC1=CC=CC(N)(CCCS(=O)(=O)O)N1. The van der Waals surface area contributed by atoms with Crippen molar-refractivity contribution in [2.24, 2.45) is 11.5 Å². The highest BCUT2D eigenvalue weighted by Gasteiger charge is 2.23. The first-order chi connectivity index (χ1) is 6.81. The molecule has 0 aromatic rings. The molecule has 0 saturated carbocycles. The fourth-order valence-electron chi connectivity index (χ4n) is 1.37. The van der Waals surface area contributed by atoms with Crippen molar-refractivity contribution in [2.45, 2.75) is 18.5 Å². The Labute approximate surface area is 88.8 Å². The smallest absolute Gasteiger partial charge is 0.264 e. The van der Waals surface area contributed by atoms with Crippen molar-refractivity contribution in [1.82, 2.24) is 5.32 Å². The molecule has 0 amide bonds. The Morgan fingerprint density at radius 1 is 1.53 bits per heavy atom. The molecule has 0 radical (unpaired) electrons. The number of allylic oxidation sites excluding steroid dienone is 2. The van der Waals surface area contributed by atoms with Crippen LogP contribution in [0.1, 0.15) is 12.8 Å². The van der Waals surface area contributed by atoms with Crippen molar-refractivity contribution in [1.29, 1.82) is 0 Å². The summed E-state index contributed by atoms with van der Waals surface area (Å²) >= 11 is 0. The van der Waals surface area contributed by atoms with E-state index in [4.69, 9.17) is 16.0 Å². The van der Waals surface area contributed by atoms with Crippen LogP contribution in [0.25, 0.3) is 0 Å². The van der Waals surface area contributed by atoms with Crippen molar-refractivity contribution in [2.75, 3.05) is 5.75 Å². The molecule has 0 saturated heterocycles. The largest absolute Gasteiger partial charge is 0.385 e. The number of dihydropyridines is 1. The number of hydrogen-bond acceptors (Lipinski definition) is 5. The highest BCUT2D eigenvalue weighted by atomic mass is 32.2. The Kier molecular flexibility index (Phi) is 3.38. The molecule has 0 aliphatic carbocycles. The third-order valence-corrected chi connectivity index (χ3v) is 2.84. The summed E-state index contributed by atoms with van der Waals surface area (Å²) in [6, 6.07) is 0. The lowest BCUT2D eigenvalue weighted by atomic mass is 10.0. The zero-order chi connectivity index (χ0) is 11.5. The number of nitrogens with two attached hydrogens (primary N) is 2. The van der Waals surface area contributed by atoms with Gasteiger partial charge in [-0.05, 0) is 25.0 Å². The van der Waals surface area contributed by atoms with Gasteiger partial charge < -0.3 is 16.8 Å². The molecular formula is C8H15N3O3S. The molecule has 0 spiro atoms. The van der Waals surface area contributed by atoms with E-state index in [2.05, 4.69) is 5.32 Å². The van der Waals surface area contributed by atoms with Crippen LogP contribution >= 0.6 is 0 Å². The fraction of sp³-hybridized carbons (Fsp3) is 0.500. The monoisotopic (exact) mass is 233 g/mol. The fourth-order valence-corrected chi connectivity index (χ4v) is 1.88. The van der Waals surface area contributed by atoms with Crippen LogP contribution in [0, 0.1) is 0 Å². The molecular weight excluding hydrogens is 218 g/mol. The maximum Gasteiger partial charge on any atom is 0.264 e. The Morgan fingerprint density at radius 3 is 2.73 bits per heavy atom. The van der Waals surface area contributed by atoms with E-state index in [-0.39, 0.29) is 12.2 Å². The molecule has 1 aliphatic heterocycles. The maximum absolute atomic E-state index is 10.5. The molecule has 1 rings (SSSR count). The maximum atomic E-state index is 10.5. The van der Waals surface area contributed by atoms with E-state index >= 15 is 0 Å². The van der Waals surface area contributed by atoms with Crippen LogP contribution in [0.15, 0.2) is 24.0 Å². The van der Waals surface area contributed by atoms with Gasteiger partial charge in [0, 0.05) is 0 Å². The van der Waals surface area contributed by atoms with Crippen LogP contribution in [-0.2, 0) is 10.1 Å². The normalized spacial score (nSPS) is 25.9. The highest BCUT2D eigenvalue weighted by Crippen LogP contribution is 2.13. The minimum atomic E-state index is -3.92. The first-order valence-electron chi connectivity index (χ1n) is 4.48. The first kappa shape index (κ1) is 12.0. The van der Waals surface area contributed by atoms with E-state index in [0.717, 1.165) is 0 Å². The Hall–Kier alpha value is -1.05. The van der Waals surface area contributed by atoms with Gasteiger partial charge in [-0.1, -0.05) is 6.08 Å². The lowest BCUT2D eigenvalue weighted by Crippen LogP contribution is -2.53. The second kappa shape index (κ2) is 4.21. The van der Waals surface area contributed by atoms with E-state index in [9.17, 15) is 8.42 Å². The summed E-state index contributed by atoms with van der Waals surface area (Å²) in [4.78, 5) is 0. The molecule has 15 heavy (non-hydrogen) atoms. The Morgan fingerprint density at radius 2 is 2.20 bits per heavy atom. The number of rotatable bonds is 4. The molecule has 0 aromatic heterocycles. The van der Waals surface area contributed by atoms with Gasteiger partial charge in [-0.25, -0.2) is 0 Å². The van der Waals surface area contributed by atoms with Gasteiger partial charge in [-0.3, -0.25) is 4.55 Å². The van der Waals surface area contributed by atoms with Gasteiger partial charge in [-0.2, -0.15) is 8.42 Å². The minimum Gasteiger partial charge on any atom is -0.385 e. The Balaban J connectivity index is 2.46. The van der Waals surface area contributed by atoms with E-state index in [1.165, 1.54) is 0 Å². The standard InChI is InChI=1S/C8H15N3O3S/c9-7-3-1-4-8(10,11-7)5-2-6-15(12,13)14/h1,3-4,11H,2,5-6,9-10H2,(H,12,13,14). The van der Waals surface area contributed by atoms with E-state index in [1.54, 1.807) is 18.2 Å². The molecule has 1 aliphatic rings. The highest BCUT2D eigenvalue weighted by molar-refractivity contribution is 7.85. The van der Waals surface area contributed by atoms with Crippen molar-refractivity contribution < 1.29 is 13.0 Å². The molecule has 6 N–H and O–H groups in total. The minimum absolute atomic E-state index is 0.264. The molecule has 0 fully saturated rings. The van der Waals surface area contributed by atoms with Gasteiger partial charge in [0.1, 0.15) is 5.66 Å². The van der Waals surface area contributed by atoms with Crippen LogP contribution in [-0.4, -0.2) is 24.4 Å². The lowest BCUT2D eigenvalue weighted by molar-refractivity contribution is 0.408. The van der Waals surface area contributed by atoms with Crippen molar-refractivity contribution >= 4 is 10.1 Å². The average Bonchev–Trinajstić information content (AvgIpc) is 1.99. The third kappa shape index (κ3) is 4.32. The molecule has 6 nitrogen and oxygen atoms in total.